The molecule has 0 aromatic carbocycles. The molecule has 3 atom stereocenters. The lowest BCUT2D eigenvalue weighted by Gasteiger charge is -2.22. The molecule has 0 aliphatic carbocycles. The van der Waals surface area contributed by atoms with E-state index in [4.69, 9.17) is 18.9 Å². The molecule has 0 aromatic heterocycles. The molecule has 0 saturated carbocycles. The van der Waals surface area contributed by atoms with Gasteiger partial charge in [-0.25, -0.2) is 0 Å². The number of hydrogen-bond acceptors (Lipinski definition) is 6. The summed E-state index contributed by atoms with van der Waals surface area (Å²) >= 11 is 0. The maximum Gasteiger partial charge on any atom is 0.304 e. The molecule has 1 saturated heterocycles. The first-order valence-corrected chi connectivity index (χ1v) is 5.51. The standard InChI is InChI=1S/C11H18O6/c1-7(12)15-10(6-14-3)9-4-5-11(17-9)16-8(2)13/h9-11H,4-6H2,1-3H3/t9-,10?,11-/m0/s1. The monoisotopic (exact) mass is 246 g/mol. The molecule has 1 fully saturated rings. The minimum Gasteiger partial charge on any atom is -0.457 e. The Balaban J connectivity index is 2.47. The zero-order valence-corrected chi connectivity index (χ0v) is 10.3. The molecule has 6 heteroatoms. The van der Waals surface area contributed by atoms with E-state index in [1.54, 1.807) is 0 Å². The third kappa shape index (κ3) is 4.70. The van der Waals surface area contributed by atoms with Crippen molar-refractivity contribution >= 4 is 11.9 Å². The molecular weight excluding hydrogens is 228 g/mol. The summed E-state index contributed by atoms with van der Waals surface area (Å²) in [5, 5.41) is 0. The quantitative estimate of drug-likeness (QED) is 0.663. The van der Waals surface area contributed by atoms with Gasteiger partial charge < -0.3 is 18.9 Å². The first-order valence-electron chi connectivity index (χ1n) is 5.51. The van der Waals surface area contributed by atoms with Gasteiger partial charge in [-0.3, -0.25) is 9.59 Å². The molecule has 1 rings (SSSR count). The first kappa shape index (κ1) is 13.9. The van der Waals surface area contributed by atoms with Gasteiger partial charge in [0.1, 0.15) is 6.10 Å². The lowest BCUT2D eigenvalue weighted by molar-refractivity contribution is -0.188. The Morgan fingerprint density at radius 3 is 2.53 bits per heavy atom. The van der Waals surface area contributed by atoms with Gasteiger partial charge in [0.25, 0.3) is 0 Å². The summed E-state index contributed by atoms with van der Waals surface area (Å²) in [6, 6.07) is 0. The largest absolute Gasteiger partial charge is 0.457 e. The van der Waals surface area contributed by atoms with E-state index < -0.39 is 12.4 Å². The van der Waals surface area contributed by atoms with Gasteiger partial charge in [0, 0.05) is 27.4 Å². The maximum atomic E-state index is 10.9. The molecule has 1 heterocycles. The van der Waals surface area contributed by atoms with Crippen LogP contribution in [0.25, 0.3) is 0 Å². The van der Waals surface area contributed by atoms with Crippen LogP contribution in [0.15, 0.2) is 0 Å². The summed E-state index contributed by atoms with van der Waals surface area (Å²) in [7, 11) is 1.52. The highest BCUT2D eigenvalue weighted by Crippen LogP contribution is 2.24. The maximum absolute atomic E-state index is 10.9. The van der Waals surface area contributed by atoms with Crippen LogP contribution in [-0.2, 0) is 28.5 Å². The van der Waals surface area contributed by atoms with E-state index in [-0.39, 0.29) is 24.6 Å². The van der Waals surface area contributed by atoms with Crippen molar-refractivity contribution in [1.29, 1.82) is 0 Å². The third-order valence-electron chi connectivity index (χ3n) is 2.37. The topological polar surface area (TPSA) is 71.1 Å². The molecule has 6 nitrogen and oxygen atoms in total. The summed E-state index contributed by atoms with van der Waals surface area (Å²) in [5.41, 5.74) is 0. The van der Waals surface area contributed by atoms with Gasteiger partial charge in [-0.15, -0.1) is 0 Å². The van der Waals surface area contributed by atoms with Crippen molar-refractivity contribution in [3.05, 3.63) is 0 Å². The van der Waals surface area contributed by atoms with Crippen LogP contribution in [0, 0.1) is 0 Å². The molecule has 0 spiro atoms. The van der Waals surface area contributed by atoms with Gasteiger partial charge in [-0.05, 0) is 6.42 Å². The molecular formula is C11H18O6. The van der Waals surface area contributed by atoms with E-state index in [9.17, 15) is 9.59 Å². The number of carbonyl (C=O) groups excluding carboxylic acids is 2. The summed E-state index contributed by atoms with van der Waals surface area (Å²) in [5.74, 6) is -0.766. The van der Waals surface area contributed by atoms with Crippen LogP contribution in [-0.4, -0.2) is 44.2 Å². The van der Waals surface area contributed by atoms with Crippen molar-refractivity contribution in [2.24, 2.45) is 0 Å². The molecule has 1 aliphatic rings. The number of methoxy groups -OCH3 is 1. The Hall–Kier alpha value is -1.14. The van der Waals surface area contributed by atoms with Crippen LogP contribution < -0.4 is 0 Å². The predicted molar refractivity (Wildman–Crippen MR) is 57.1 cm³/mol. The molecule has 0 N–H and O–H groups in total. The Kier molecular flexibility index (Phi) is 5.37. The highest BCUT2D eigenvalue weighted by Gasteiger charge is 2.35. The van der Waals surface area contributed by atoms with E-state index in [0.717, 1.165) is 0 Å². The van der Waals surface area contributed by atoms with E-state index >= 15 is 0 Å². The molecule has 0 amide bonds. The van der Waals surface area contributed by atoms with Crippen LogP contribution in [0.1, 0.15) is 26.7 Å². The van der Waals surface area contributed by atoms with Crippen LogP contribution in [0.4, 0.5) is 0 Å². The number of hydrogen-bond donors (Lipinski definition) is 0. The SMILES string of the molecule is COCC(OC(C)=O)[C@@H]1CC[C@@H](OC(C)=O)O1. The number of esters is 2. The van der Waals surface area contributed by atoms with Crippen LogP contribution in [0.2, 0.25) is 0 Å². The van der Waals surface area contributed by atoms with Gasteiger partial charge in [-0.2, -0.15) is 0 Å². The molecule has 0 radical (unpaired) electrons. The van der Waals surface area contributed by atoms with Gasteiger partial charge >= 0.3 is 11.9 Å². The molecule has 0 bridgehead atoms. The van der Waals surface area contributed by atoms with Gasteiger partial charge in [-0.1, -0.05) is 0 Å². The lowest BCUT2D eigenvalue weighted by atomic mass is 10.1. The second-order valence-corrected chi connectivity index (χ2v) is 3.89. The van der Waals surface area contributed by atoms with Gasteiger partial charge in [0.15, 0.2) is 6.10 Å². The first-order chi connectivity index (χ1) is 8.02. The van der Waals surface area contributed by atoms with Crippen molar-refractivity contribution in [2.75, 3.05) is 13.7 Å². The van der Waals surface area contributed by atoms with E-state index in [2.05, 4.69) is 0 Å². The second kappa shape index (κ2) is 6.56. The number of carbonyl (C=O) groups is 2. The molecule has 0 aromatic rings. The zero-order chi connectivity index (χ0) is 12.8. The molecule has 98 valence electrons. The lowest BCUT2D eigenvalue weighted by Crippen LogP contribution is -2.35. The fraction of sp³-hybridized carbons (Fsp3) is 0.818. The van der Waals surface area contributed by atoms with Crippen molar-refractivity contribution in [3.8, 4) is 0 Å². The minimum atomic E-state index is -0.549. The summed E-state index contributed by atoms with van der Waals surface area (Å²) in [6.45, 7) is 2.92. The van der Waals surface area contributed by atoms with Crippen LogP contribution >= 0.6 is 0 Å². The smallest absolute Gasteiger partial charge is 0.304 e. The Bertz CT molecular complexity index is 277. The van der Waals surface area contributed by atoms with Gasteiger partial charge in [0.05, 0.1) is 6.61 Å². The van der Waals surface area contributed by atoms with E-state index in [1.165, 1.54) is 21.0 Å². The van der Waals surface area contributed by atoms with E-state index in [0.29, 0.717) is 12.8 Å². The Morgan fingerprint density at radius 1 is 1.29 bits per heavy atom. The van der Waals surface area contributed by atoms with Crippen molar-refractivity contribution in [1.82, 2.24) is 0 Å². The van der Waals surface area contributed by atoms with Crippen molar-refractivity contribution < 1.29 is 28.5 Å². The average Bonchev–Trinajstić information content (AvgIpc) is 2.64. The van der Waals surface area contributed by atoms with Crippen LogP contribution in [0.5, 0.6) is 0 Å². The Morgan fingerprint density at radius 2 is 2.00 bits per heavy atom. The molecule has 17 heavy (non-hydrogen) atoms. The summed E-state index contributed by atoms with van der Waals surface area (Å²) < 4.78 is 20.5. The van der Waals surface area contributed by atoms with Gasteiger partial charge in [0.2, 0.25) is 6.29 Å². The van der Waals surface area contributed by atoms with Crippen molar-refractivity contribution in [3.63, 3.8) is 0 Å². The fourth-order valence-electron chi connectivity index (χ4n) is 1.77. The number of rotatable bonds is 5. The van der Waals surface area contributed by atoms with Crippen LogP contribution in [0.3, 0.4) is 0 Å². The molecule has 1 unspecified atom stereocenters. The fourth-order valence-corrected chi connectivity index (χ4v) is 1.77. The second-order valence-electron chi connectivity index (χ2n) is 3.89. The summed E-state index contributed by atoms with van der Waals surface area (Å²) in [6.07, 6.45) is -0.0287. The van der Waals surface area contributed by atoms with E-state index in [1.807, 2.05) is 0 Å². The summed E-state index contributed by atoms with van der Waals surface area (Å²) in [4.78, 5) is 21.7. The highest BCUT2D eigenvalue weighted by atomic mass is 16.7. The van der Waals surface area contributed by atoms with Crippen molar-refractivity contribution in [2.45, 2.75) is 45.2 Å². The highest BCUT2D eigenvalue weighted by molar-refractivity contribution is 5.66. The average molecular weight is 246 g/mol. The zero-order valence-electron chi connectivity index (χ0n) is 10.3. The number of ether oxygens (including phenoxy) is 4. The molecule has 1 aliphatic heterocycles. The predicted octanol–water partition coefficient (Wildman–Crippen LogP) is 0.633. The normalized spacial score (nSPS) is 25.4. The minimum absolute atomic E-state index is 0.261. The third-order valence-corrected chi connectivity index (χ3v) is 2.37. The Labute approximate surface area is 100 Å².